The number of amides is 2. The van der Waals surface area contributed by atoms with Crippen molar-refractivity contribution < 1.29 is 9.59 Å². The molecule has 1 N–H and O–H groups in total. The van der Waals surface area contributed by atoms with E-state index < -0.39 is 0 Å². The number of nitrogens with zero attached hydrogens (tertiary/aromatic N) is 2. The number of benzene rings is 1. The van der Waals surface area contributed by atoms with Gasteiger partial charge in [0.15, 0.2) is 0 Å². The van der Waals surface area contributed by atoms with Crippen molar-refractivity contribution in [3.63, 3.8) is 0 Å². The van der Waals surface area contributed by atoms with E-state index in [4.69, 9.17) is 0 Å². The quantitative estimate of drug-likeness (QED) is 0.818. The Hall–Kier alpha value is -1.88. The summed E-state index contributed by atoms with van der Waals surface area (Å²) >= 11 is 0. The normalized spacial score (nSPS) is 22.9. The van der Waals surface area contributed by atoms with Crippen LogP contribution < -0.4 is 5.32 Å². The molecular formula is C23H35N3O2. The maximum absolute atomic E-state index is 13.0. The van der Waals surface area contributed by atoms with Crippen LogP contribution in [0, 0.1) is 5.92 Å². The van der Waals surface area contributed by atoms with Crippen molar-refractivity contribution in [3.05, 3.63) is 35.9 Å². The summed E-state index contributed by atoms with van der Waals surface area (Å²) in [5, 5.41) is 3.59. The molecule has 0 bridgehead atoms. The average Bonchev–Trinajstić information content (AvgIpc) is 2.90. The monoisotopic (exact) mass is 385 g/mol. The molecule has 2 heterocycles. The van der Waals surface area contributed by atoms with Crippen LogP contribution in [0.15, 0.2) is 30.3 Å². The molecule has 5 nitrogen and oxygen atoms in total. The van der Waals surface area contributed by atoms with Crippen LogP contribution in [0.4, 0.5) is 0 Å². The lowest BCUT2D eigenvalue weighted by Gasteiger charge is -2.47. The molecule has 2 atom stereocenters. The molecule has 1 aromatic rings. The molecule has 2 saturated heterocycles. The predicted octanol–water partition coefficient (Wildman–Crippen LogP) is 3.19. The first-order valence-electron chi connectivity index (χ1n) is 10.7. The third kappa shape index (κ3) is 4.40. The highest BCUT2D eigenvalue weighted by molar-refractivity contribution is 5.85. The van der Waals surface area contributed by atoms with Gasteiger partial charge in [0.2, 0.25) is 11.8 Å². The molecule has 2 fully saturated rings. The fraction of sp³-hybridized carbons (Fsp3) is 0.652. The fourth-order valence-corrected chi connectivity index (χ4v) is 4.73. The van der Waals surface area contributed by atoms with Crippen molar-refractivity contribution >= 4 is 11.8 Å². The first-order valence-corrected chi connectivity index (χ1v) is 10.7. The summed E-state index contributed by atoms with van der Waals surface area (Å²) in [6.45, 7) is 9.74. The topological polar surface area (TPSA) is 52.7 Å². The van der Waals surface area contributed by atoms with E-state index in [9.17, 15) is 9.59 Å². The Morgan fingerprint density at radius 2 is 1.82 bits per heavy atom. The summed E-state index contributed by atoms with van der Waals surface area (Å²) in [7, 11) is 0. The predicted molar refractivity (Wildman–Crippen MR) is 112 cm³/mol. The van der Waals surface area contributed by atoms with Gasteiger partial charge in [-0.05, 0) is 38.2 Å². The molecule has 0 radical (unpaired) electrons. The number of carbonyl (C=O) groups is 2. The Bertz CT molecular complexity index is 680. The Morgan fingerprint density at radius 1 is 1.18 bits per heavy atom. The van der Waals surface area contributed by atoms with Crippen LogP contribution in [0.1, 0.15) is 58.9 Å². The molecule has 2 amide bonds. The van der Waals surface area contributed by atoms with Gasteiger partial charge in [-0.1, -0.05) is 44.2 Å². The maximum atomic E-state index is 13.0. The molecule has 2 aliphatic rings. The molecule has 0 aromatic heterocycles. The van der Waals surface area contributed by atoms with E-state index in [-0.39, 0.29) is 29.6 Å². The van der Waals surface area contributed by atoms with Gasteiger partial charge in [0.05, 0.1) is 11.7 Å². The molecule has 1 aromatic carbocycles. The van der Waals surface area contributed by atoms with Crippen LogP contribution in [-0.4, -0.2) is 52.5 Å². The van der Waals surface area contributed by atoms with E-state index in [1.165, 1.54) is 5.56 Å². The number of hydrogen-bond donors (Lipinski definition) is 1. The van der Waals surface area contributed by atoms with Crippen molar-refractivity contribution in [1.82, 2.24) is 15.1 Å². The summed E-state index contributed by atoms with van der Waals surface area (Å²) in [6, 6.07) is 10.5. The second-order valence-corrected chi connectivity index (χ2v) is 8.96. The maximum Gasteiger partial charge on any atom is 0.241 e. The van der Waals surface area contributed by atoms with E-state index in [1.54, 1.807) is 0 Å². The van der Waals surface area contributed by atoms with Crippen molar-refractivity contribution in [2.75, 3.05) is 13.1 Å². The van der Waals surface area contributed by atoms with Crippen LogP contribution in [0.3, 0.4) is 0 Å². The van der Waals surface area contributed by atoms with E-state index in [2.05, 4.69) is 55.3 Å². The Labute approximate surface area is 169 Å². The first-order chi connectivity index (χ1) is 13.3. The number of likely N-dealkylation sites (tertiary alicyclic amines) is 1. The van der Waals surface area contributed by atoms with E-state index in [0.717, 1.165) is 38.8 Å². The molecule has 5 heteroatoms. The molecule has 0 unspecified atom stereocenters. The van der Waals surface area contributed by atoms with Gasteiger partial charge >= 0.3 is 0 Å². The third-order valence-electron chi connectivity index (χ3n) is 6.21. The number of nitrogens with one attached hydrogen (secondary N) is 1. The lowest BCUT2D eigenvalue weighted by molar-refractivity contribution is -0.139. The number of carbonyl (C=O) groups excluding carboxylic acids is 2. The summed E-state index contributed by atoms with van der Waals surface area (Å²) in [4.78, 5) is 29.5. The molecule has 0 aliphatic carbocycles. The Balaban J connectivity index is 1.66. The number of rotatable bonds is 6. The largest absolute Gasteiger partial charge is 0.342 e. The summed E-state index contributed by atoms with van der Waals surface area (Å²) < 4.78 is 0. The number of hydrogen-bond acceptors (Lipinski definition) is 3. The molecule has 1 spiro atoms. The van der Waals surface area contributed by atoms with Crippen molar-refractivity contribution in [2.24, 2.45) is 5.92 Å². The fourth-order valence-electron chi connectivity index (χ4n) is 4.73. The second kappa shape index (κ2) is 8.64. The first kappa shape index (κ1) is 20.8. The van der Waals surface area contributed by atoms with Crippen LogP contribution in [-0.2, 0) is 16.0 Å². The molecule has 154 valence electrons. The van der Waals surface area contributed by atoms with Crippen LogP contribution in [0.5, 0.6) is 0 Å². The van der Waals surface area contributed by atoms with Gasteiger partial charge < -0.3 is 9.80 Å². The van der Waals surface area contributed by atoms with E-state index in [1.807, 2.05) is 17.9 Å². The zero-order chi connectivity index (χ0) is 20.3. The van der Waals surface area contributed by atoms with E-state index >= 15 is 0 Å². The molecule has 28 heavy (non-hydrogen) atoms. The molecular weight excluding hydrogens is 350 g/mol. The summed E-state index contributed by atoms with van der Waals surface area (Å²) in [5.74, 6) is 0.817. The zero-order valence-corrected chi connectivity index (χ0v) is 17.8. The minimum atomic E-state index is -0.304. The minimum absolute atomic E-state index is 0.155. The smallest absolute Gasteiger partial charge is 0.241 e. The van der Waals surface area contributed by atoms with Gasteiger partial charge in [-0.3, -0.25) is 14.9 Å². The molecule has 2 aliphatic heterocycles. The standard InChI is InChI=1S/C23H35N3O2/c1-17(2)16-21(27)25-14-12-23(13-15-25)24-19(4)22(28)26(23)18(3)10-11-20-8-6-5-7-9-20/h5-9,17-19,24H,10-16H2,1-4H3/t18-,19-/m0/s1. The number of aryl methyl sites for hydroxylation is 1. The van der Waals surface area contributed by atoms with Gasteiger partial charge in [0.25, 0.3) is 0 Å². The lowest BCUT2D eigenvalue weighted by Crippen LogP contribution is -2.61. The van der Waals surface area contributed by atoms with E-state index in [0.29, 0.717) is 12.3 Å². The van der Waals surface area contributed by atoms with Gasteiger partial charge in [0, 0.05) is 38.4 Å². The van der Waals surface area contributed by atoms with Crippen molar-refractivity contribution in [2.45, 2.75) is 77.5 Å². The van der Waals surface area contributed by atoms with Gasteiger partial charge in [-0.15, -0.1) is 0 Å². The zero-order valence-electron chi connectivity index (χ0n) is 17.8. The van der Waals surface area contributed by atoms with Gasteiger partial charge in [-0.2, -0.15) is 0 Å². The highest BCUT2D eigenvalue weighted by Gasteiger charge is 2.51. The highest BCUT2D eigenvalue weighted by Crippen LogP contribution is 2.35. The SMILES string of the molecule is CC(C)CC(=O)N1CCC2(CC1)N[C@@H](C)C(=O)N2[C@@H](C)CCc1ccccc1. The second-order valence-electron chi connectivity index (χ2n) is 8.96. The minimum Gasteiger partial charge on any atom is -0.342 e. The lowest BCUT2D eigenvalue weighted by atomic mass is 9.93. The van der Waals surface area contributed by atoms with Crippen LogP contribution in [0.2, 0.25) is 0 Å². The summed E-state index contributed by atoms with van der Waals surface area (Å²) in [5.41, 5.74) is 1.01. The third-order valence-corrected chi connectivity index (χ3v) is 6.21. The summed E-state index contributed by atoms with van der Waals surface area (Å²) in [6.07, 6.45) is 4.13. The average molecular weight is 386 g/mol. The Kier molecular flexibility index (Phi) is 6.43. The molecule has 0 saturated carbocycles. The van der Waals surface area contributed by atoms with Crippen molar-refractivity contribution in [3.8, 4) is 0 Å². The van der Waals surface area contributed by atoms with Gasteiger partial charge in [0.1, 0.15) is 0 Å². The Morgan fingerprint density at radius 3 is 2.43 bits per heavy atom. The van der Waals surface area contributed by atoms with Crippen LogP contribution in [0.25, 0.3) is 0 Å². The van der Waals surface area contributed by atoms with Crippen molar-refractivity contribution in [1.29, 1.82) is 0 Å². The van der Waals surface area contributed by atoms with Crippen LogP contribution >= 0.6 is 0 Å². The number of piperidine rings is 1. The molecule has 3 rings (SSSR count). The van der Waals surface area contributed by atoms with Gasteiger partial charge in [-0.25, -0.2) is 0 Å². The highest BCUT2D eigenvalue weighted by atomic mass is 16.2.